The van der Waals surface area contributed by atoms with Gasteiger partial charge in [-0.1, -0.05) is 43.7 Å². The highest BCUT2D eigenvalue weighted by atomic mass is 16.6. The van der Waals surface area contributed by atoms with Crippen molar-refractivity contribution in [1.29, 1.82) is 0 Å². The summed E-state index contributed by atoms with van der Waals surface area (Å²) >= 11 is 0. The van der Waals surface area contributed by atoms with Crippen LogP contribution in [0.1, 0.15) is 55.5 Å². The molecule has 0 spiro atoms. The summed E-state index contributed by atoms with van der Waals surface area (Å²) in [6, 6.07) is 13.0. The molecule has 8 nitrogen and oxygen atoms in total. The number of esters is 1. The molecule has 0 bridgehead atoms. The third-order valence-electron chi connectivity index (χ3n) is 6.07. The van der Waals surface area contributed by atoms with E-state index in [-0.39, 0.29) is 11.0 Å². The SMILES string of the molecule is C[C@@H]1CCC[C@@]1(C[C@H](C)OC(=O)c1cc([N+](=O)[O-])cc([N+](=O)[O-])c1)c1ccccc1. The molecule has 0 N–H and O–H groups in total. The van der Waals surface area contributed by atoms with Crippen molar-refractivity contribution < 1.29 is 19.4 Å². The second kappa shape index (κ2) is 8.61. The molecule has 0 unspecified atom stereocenters. The van der Waals surface area contributed by atoms with Gasteiger partial charge in [-0.15, -0.1) is 0 Å². The largest absolute Gasteiger partial charge is 0.459 e. The normalized spacial score (nSPS) is 21.7. The molecule has 0 saturated heterocycles. The predicted molar refractivity (Wildman–Crippen MR) is 110 cm³/mol. The molecule has 0 radical (unpaired) electrons. The lowest BCUT2D eigenvalue weighted by atomic mass is 9.69. The van der Waals surface area contributed by atoms with Crippen LogP contribution in [0.5, 0.6) is 0 Å². The molecule has 1 aliphatic carbocycles. The summed E-state index contributed by atoms with van der Waals surface area (Å²) in [6.07, 6.45) is 3.32. The van der Waals surface area contributed by atoms with Crippen molar-refractivity contribution in [2.45, 2.75) is 51.0 Å². The lowest BCUT2D eigenvalue weighted by Crippen LogP contribution is -2.34. The molecule has 1 aliphatic rings. The Kier molecular flexibility index (Phi) is 6.14. The first-order valence-corrected chi connectivity index (χ1v) is 9.93. The van der Waals surface area contributed by atoms with Crippen LogP contribution in [0.15, 0.2) is 48.5 Å². The van der Waals surface area contributed by atoms with E-state index < -0.39 is 33.3 Å². The summed E-state index contributed by atoms with van der Waals surface area (Å²) in [4.78, 5) is 33.2. The maximum Gasteiger partial charge on any atom is 0.338 e. The Morgan fingerprint density at radius 1 is 1.13 bits per heavy atom. The van der Waals surface area contributed by atoms with Crippen LogP contribution in [-0.2, 0) is 10.2 Å². The van der Waals surface area contributed by atoms with Crippen LogP contribution in [0.4, 0.5) is 11.4 Å². The number of rotatable bonds is 7. The number of benzene rings is 2. The van der Waals surface area contributed by atoms with Crippen molar-refractivity contribution in [2.24, 2.45) is 5.92 Å². The van der Waals surface area contributed by atoms with Crippen LogP contribution in [-0.4, -0.2) is 21.9 Å². The highest BCUT2D eigenvalue weighted by molar-refractivity contribution is 5.91. The van der Waals surface area contributed by atoms with E-state index >= 15 is 0 Å². The molecule has 158 valence electrons. The number of hydrogen-bond acceptors (Lipinski definition) is 6. The monoisotopic (exact) mass is 412 g/mol. The summed E-state index contributed by atoms with van der Waals surface area (Å²) in [5.74, 6) is -0.386. The molecular weight excluding hydrogens is 388 g/mol. The van der Waals surface area contributed by atoms with Crippen molar-refractivity contribution in [3.05, 3.63) is 79.9 Å². The zero-order chi connectivity index (χ0) is 21.9. The Bertz CT molecular complexity index is 929. The van der Waals surface area contributed by atoms with Crippen LogP contribution in [0.2, 0.25) is 0 Å². The van der Waals surface area contributed by atoms with Crippen LogP contribution >= 0.6 is 0 Å². The lowest BCUT2D eigenvalue weighted by Gasteiger charge is -2.36. The summed E-state index contributed by atoms with van der Waals surface area (Å²) in [7, 11) is 0. The van der Waals surface area contributed by atoms with Crippen molar-refractivity contribution in [1.82, 2.24) is 0 Å². The van der Waals surface area contributed by atoms with Gasteiger partial charge in [0.05, 0.1) is 21.5 Å². The molecule has 0 amide bonds. The number of ether oxygens (including phenoxy) is 1. The van der Waals surface area contributed by atoms with Gasteiger partial charge in [-0.2, -0.15) is 0 Å². The van der Waals surface area contributed by atoms with E-state index in [1.54, 1.807) is 6.92 Å². The molecule has 1 saturated carbocycles. The standard InChI is InChI=1S/C22H24N2O6/c1-15-7-6-10-22(15,18-8-4-3-5-9-18)14-16(2)30-21(25)17-11-19(23(26)27)13-20(12-17)24(28)29/h3-5,8-9,11-13,15-16H,6-7,10,14H2,1-2H3/t15-,16+,22+/m1/s1. The molecule has 3 rings (SSSR count). The first-order chi connectivity index (χ1) is 14.2. The fraction of sp³-hybridized carbons (Fsp3) is 0.409. The number of hydrogen-bond donors (Lipinski definition) is 0. The van der Waals surface area contributed by atoms with Gasteiger partial charge in [0.1, 0.15) is 6.10 Å². The zero-order valence-corrected chi connectivity index (χ0v) is 16.9. The molecule has 3 atom stereocenters. The van der Waals surface area contributed by atoms with Gasteiger partial charge in [0.25, 0.3) is 11.4 Å². The minimum absolute atomic E-state index is 0.115. The molecule has 2 aromatic carbocycles. The van der Waals surface area contributed by atoms with Gasteiger partial charge in [0.2, 0.25) is 0 Å². The van der Waals surface area contributed by atoms with E-state index in [0.29, 0.717) is 12.3 Å². The number of carbonyl (C=O) groups excluding carboxylic acids is 1. The highest BCUT2D eigenvalue weighted by Crippen LogP contribution is 2.49. The van der Waals surface area contributed by atoms with Gasteiger partial charge >= 0.3 is 5.97 Å². The topological polar surface area (TPSA) is 113 Å². The second-order valence-electron chi connectivity index (χ2n) is 7.99. The maximum absolute atomic E-state index is 12.6. The van der Waals surface area contributed by atoms with E-state index in [4.69, 9.17) is 4.74 Å². The first-order valence-electron chi connectivity index (χ1n) is 9.93. The smallest absolute Gasteiger partial charge is 0.338 e. The van der Waals surface area contributed by atoms with E-state index in [1.807, 2.05) is 18.2 Å². The van der Waals surface area contributed by atoms with Gasteiger partial charge in [-0.3, -0.25) is 20.2 Å². The molecule has 1 fully saturated rings. The average Bonchev–Trinajstić information content (AvgIpc) is 3.09. The zero-order valence-electron chi connectivity index (χ0n) is 16.9. The van der Waals surface area contributed by atoms with Gasteiger partial charge in [0, 0.05) is 17.5 Å². The Hall–Kier alpha value is -3.29. The molecule has 30 heavy (non-hydrogen) atoms. The Labute approximate surface area is 174 Å². The number of nitro benzene ring substituents is 2. The van der Waals surface area contributed by atoms with Gasteiger partial charge in [0.15, 0.2) is 0 Å². The number of carbonyl (C=O) groups is 1. The van der Waals surface area contributed by atoms with Gasteiger partial charge in [-0.25, -0.2) is 4.79 Å². The first kappa shape index (κ1) is 21.4. The predicted octanol–water partition coefficient (Wildman–Crippen LogP) is 5.20. The summed E-state index contributed by atoms with van der Waals surface area (Å²) < 4.78 is 5.58. The summed E-state index contributed by atoms with van der Waals surface area (Å²) in [5, 5.41) is 22.1. The van der Waals surface area contributed by atoms with E-state index in [2.05, 4.69) is 19.1 Å². The number of nitro groups is 2. The average molecular weight is 412 g/mol. The summed E-state index contributed by atoms with van der Waals surface area (Å²) in [5.41, 5.74) is -0.141. The van der Waals surface area contributed by atoms with Crippen LogP contribution in [0, 0.1) is 26.1 Å². The second-order valence-corrected chi connectivity index (χ2v) is 7.99. The van der Waals surface area contributed by atoms with Crippen LogP contribution in [0.25, 0.3) is 0 Å². The molecular formula is C22H24N2O6. The van der Waals surface area contributed by atoms with E-state index in [9.17, 15) is 25.0 Å². The molecule has 0 aromatic heterocycles. The third kappa shape index (κ3) is 4.32. The minimum atomic E-state index is -0.803. The minimum Gasteiger partial charge on any atom is -0.459 e. The Balaban J connectivity index is 1.82. The Morgan fingerprint density at radius 2 is 1.73 bits per heavy atom. The van der Waals surface area contributed by atoms with Crippen molar-refractivity contribution in [2.75, 3.05) is 0 Å². The molecule has 0 aliphatic heterocycles. The van der Waals surface area contributed by atoms with Gasteiger partial charge < -0.3 is 4.74 Å². The van der Waals surface area contributed by atoms with E-state index in [1.165, 1.54) is 5.56 Å². The van der Waals surface area contributed by atoms with Crippen molar-refractivity contribution in [3.8, 4) is 0 Å². The van der Waals surface area contributed by atoms with E-state index in [0.717, 1.165) is 37.5 Å². The number of nitrogens with zero attached hydrogens (tertiary/aromatic N) is 2. The molecule has 0 heterocycles. The highest BCUT2D eigenvalue weighted by Gasteiger charge is 2.43. The lowest BCUT2D eigenvalue weighted by molar-refractivity contribution is -0.394. The Morgan fingerprint density at radius 3 is 2.23 bits per heavy atom. The fourth-order valence-electron chi connectivity index (χ4n) is 4.60. The third-order valence-corrected chi connectivity index (χ3v) is 6.07. The summed E-state index contributed by atoms with van der Waals surface area (Å²) in [6.45, 7) is 4.00. The quantitative estimate of drug-likeness (QED) is 0.351. The molecule has 2 aromatic rings. The van der Waals surface area contributed by atoms with Crippen molar-refractivity contribution in [3.63, 3.8) is 0 Å². The fourth-order valence-corrected chi connectivity index (χ4v) is 4.60. The van der Waals surface area contributed by atoms with Gasteiger partial charge in [-0.05, 0) is 37.7 Å². The van der Waals surface area contributed by atoms with Crippen molar-refractivity contribution >= 4 is 17.3 Å². The van der Waals surface area contributed by atoms with Crippen LogP contribution < -0.4 is 0 Å². The van der Waals surface area contributed by atoms with Crippen LogP contribution in [0.3, 0.4) is 0 Å². The maximum atomic E-state index is 12.6. The number of non-ortho nitro benzene ring substituents is 2. The molecule has 8 heteroatoms.